The second-order valence-electron chi connectivity index (χ2n) is 6.04. The Morgan fingerprint density at radius 3 is 2.32 bits per heavy atom. The van der Waals surface area contributed by atoms with Crippen molar-refractivity contribution in [1.29, 1.82) is 0 Å². The van der Waals surface area contributed by atoms with Crippen molar-refractivity contribution in [2.45, 2.75) is 31.8 Å². The van der Waals surface area contributed by atoms with Gasteiger partial charge in [0.15, 0.2) is 11.5 Å². The SMILES string of the molecule is COc1cc(CN(C(=O)Cc2cccs2)C2CC2)cc(OC)c1OC. The summed E-state index contributed by atoms with van der Waals surface area (Å²) in [6.07, 6.45) is 2.60. The lowest BCUT2D eigenvalue weighted by Crippen LogP contribution is -2.33. The van der Waals surface area contributed by atoms with Crippen molar-refractivity contribution in [3.8, 4) is 17.2 Å². The number of thiophene rings is 1. The van der Waals surface area contributed by atoms with Crippen molar-refractivity contribution in [1.82, 2.24) is 4.90 Å². The molecule has 1 saturated carbocycles. The average Bonchev–Trinajstić information content (AvgIpc) is 3.34. The third-order valence-corrected chi connectivity index (χ3v) is 5.17. The second kappa shape index (κ2) is 7.78. The van der Waals surface area contributed by atoms with Crippen molar-refractivity contribution >= 4 is 17.2 Å². The van der Waals surface area contributed by atoms with Crippen LogP contribution < -0.4 is 14.2 Å². The molecule has 5 nitrogen and oxygen atoms in total. The standard InChI is InChI=1S/C19H23NO4S/c1-22-16-9-13(10-17(23-2)19(16)24-3)12-20(14-6-7-14)18(21)11-15-5-4-8-25-15/h4-5,8-10,14H,6-7,11-12H2,1-3H3. The monoisotopic (exact) mass is 361 g/mol. The van der Waals surface area contributed by atoms with Crippen LogP contribution in [0.4, 0.5) is 0 Å². The van der Waals surface area contributed by atoms with Crippen LogP contribution in [0.25, 0.3) is 0 Å². The van der Waals surface area contributed by atoms with Crippen LogP contribution in [0.2, 0.25) is 0 Å². The van der Waals surface area contributed by atoms with Gasteiger partial charge in [-0.05, 0) is 42.0 Å². The van der Waals surface area contributed by atoms with Crippen LogP contribution in [-0.4, -0.2) is 38.2 Å². The molecule has 0 unspecified atom stereocenters. The zero-order valence-corrected chi connectivity index (χ0v) is 15.6. The Morgan fingerprint density at radius 1 is 1.16 bits per heavy atom. The quantitative estimate of drug-likeness (QED) is 0.722. The van der Waals surface area contributed by atoms with Crippen LogP contribution >= 0.6 is 11.3 Å². The van der Waals surface area contributed by atoms with Gasteiger partial charge in [-0.15, -0.1) is 11.3 Å². The number of carbonyl (C=O) groups excluding carboxylic acids is 1. The van der Waals surface area contributed by atoms with E-state index in [-0.39, 0.29) is 5.91 Å². The summed E-state index contributed by atoms with van der Waals surface area (Å²) in [7, 11) is 4.78. The molecule has 134 valence electrons. The van der Waals surface area contributed by atoms with E-state index < -0.39 is 0 Å². The second-order valence-corrected chi connectivity index (χ2v) is 7.07. The minimum absolute atomic E-state index is 0.165. The van der Waals surface area contributed by atoms with E-state index in [0.717, 1.165) is 23.3 Å². The van der Waals surface area contributed by atoms with Crippen LogP contribution in [0.5, 0.6) is 17.2 Å². The lowest BCUT2D eigenvalue weighted by Gasteiger charge is -2.23. The van der Waals surface area contributed by atoms with E-state index in [1.165, 1.54) is 0 Å². The molecule has 1 aromatic heterocycles. The van der Waals surface area contributed by atoms with Crippen molar-refractivity contribution in [3.63, 3.8) is 0 Å². The highest BCUT2D eigenvalue weighted by molar-refractivity contribution is 7.10. The fraction of sp³-hybridized carbons (Fsp3) is 0.421. The molecule has 0 radical (unpaired) electrons. The molecule has 0 atom stereocenters. The fourth-order valence-electron chi connectivity index (χ4n) is 2.89. The van der Waals surface area contributed by atoms with Crippen molar-refractivity contribution in [2.75, 3.05) is 21.3 Å². The molecule has 6 heteroatoms. The Labute approximate surface area is 152 Å². The Balaban J connectivity index is 1.81. The van der Waals surface area contributed by atoms with E-state index >= 15 is 0 Å². The number of rotatable bonds is 8. The first-order chi connectivity index (χ1) is 12.2. The summed E-state index contributed by atoms with van der Waals surface area (Å²) in [5, 5.41) is 2.00. The molecule has 0 bridgehead atoms. The van der Waals surface area contributed by atoms with Crippen LogP contribution in [0, 0.1) is 0 Å². The third-order valence-electron chi connectivity index (χ3n) is 4.29. The number of carbonyl (C=O) groups is 1. The molecule has 1 amide bonds. The van der Waals surface area contributed by atoms with Gasteiger partial charge in [0.2, 0.25) is 11.7 Å². The number of ether oxygens (including phenoxy) is 3. The van der Waals surface area contributed by atoms with E-state index in [2.05, 4.69) is 0 Å². The Morgan fingerprint density at radius 2 is 1.84 bits per heavy atom. The Bertz CT molecular complexity index is 700. The molecule has 1 fully saturated rings. The van der Waals surface area contributed by atoms with Gasteiger partial charge in [-0.1, -0.05) is 6.07 Å². The highest BCUT2D eigenvalue weighted by Gasteiger charge is 2.33. The van der Waals surface area contributed by atoms with E-state index in [0.29, 0.717) is 36.3 Å². The maximum absolute atomic E-state index is 12.8. The molecule has 0 aliphatic heterocycles. The summed E-state index contributed by atoms with van der Waals surface area (Å²) in [5.41, 5.74) is 0.973. The minimum atomic E-state index is 0.165. The molecule has 25 heavy (non-hydrogen) atoms. The number of methoxy groups -OCH3 is 3. The van der Waals surface area contributed by atoms with Gasteiger partial charge in [-0.3, -0.25) is 4.79 Å². The summed E-state index contributed by atoms with van der Waals surface area (Å²) in [4.78, 5) is 15.8. The zero-order valence-electron chi connectivity index (χ0n) is 14.8. The number of hydrogen-bond donors (Lipinski definition) is 0. The van der Waals surface area contributed by atoms with Crippen LogP contribution in [0.3, 0.4) is 0 Å². The fourth-order valence-corrected chi connectivity index (χ4v) is 3.59. The summed E-state index contributed by atoms with van der Waals surface area (Å²) >= 11 is 1.62. The molecule has 3 rings (SSSR count). The molecule has 1 aliphatic rings. The highest BCUT2D eigenvalue weighted by Crippen LogP contribution is 2.39. The topological polar surface area (TPSA) is 48.0 Å². The zero-order chi connectivity index (χ0) is 17.8. The minimum Gasteiger partial charge on any atom is -0.493 e. The molecule has 0 saturated heterocycles. The predicted molar refractivity (Wildman–Crippen MR) is 97.7 cm³/mol. The molecular formula is C19H23NO4S. The van der Waals surface area contributed by atoms with E-state index in [4.69, 9.17) is 14.2 Å². The van der Waals surface area contributed by atoms with Gasteiger partial charge in [-0.2, -0.15) is 0 Å². The predicted octanol–water partition coefficient (Wildman–Crippen LogP) is 3.51. The summed E-state index contributed by atoms with van der Waals surface area (Å²) in [6.45, 7) is 0.547. The molecular weight excluding hydrogens is 338 g/mol. The lowest BCUT2D eigenvalue weighted by molar-refractivity contribution is -0.131. The molecule has 1 heterocycles. The smallest absolute Gasteiger partial charge is 0.228 e. The summed E-state index contributed by atoms with van der Waals surface area (Å²) < 4.78 is 16.2. The largest absolute Gasteiger partial charge is 0.493 e. The van der Waals surface area contributed by atoms with Gasteiger partial charge in [0.05, 0.1) is 27.8 Å². The average molecular weight is 361 g/mol. The lowest BCUT2D eigenvalue weighted by atomic mass is 10.1. The van der Waals surface area contributed by atoms with E-state index in [1.807, 2.05) is 34.5 Å². The Kier molecular flexibility index (Phi) is 5.48. The highest BCUT2D eigenvalue weighted by atomic mass is 32.1. The van der Waals surface area contributed by atoms with Gasteiger partial charge in [0.25, 0.3) is 0 Å². The maximum Gasteiger partial charge on any atom is 0.228 e. The van der Waals surface area contributed by atoms with Crippen LogP contribution in [0.15, 0.2) is 29.6 Å². The van der Waals surface area contributed by atoms with Gasteiger partial charge in [-0.25, -0.2) is 0 Å². The number of amides is 1. The van der Waals surface area contributed by atoms with Crippen molar-refractivity contribution < 1.29 is 19.0 Å². The first kappa shape index (κ1) is 17.6. The first-order valence-corrected chi connectivity index (χ1v) is 9.15. The first-order valence-electron chi connectivity index (χ1n) is 8.27. The number of hydrogen-bond acceptors (Lipinski definition) is 5. The van der Waals surface area contributed by atoms with Crippen LogP contribution in [-0.2, 0) is 17.8 Å². The number of nitrogens with zero attached hydrogens (tertiary/aromatic N) is 1. The molecule has 0 spiro atoms. The Hall–Kier alpha value is -2.21. The third kappa shape index (κ3) is 4.07. The molecule has 1 aromatic carbocycles. The van der Waals surface area contributed by atoms with Gasteiger partial charge in [0, 0.05) is 17.5 Å². The van der Waals surface area contributed by atoms with Gasteiger partial charge >= 0.3 is 0 Å². The van der Waals surface area contributed by atoms with Gasteiger partial charge < -0.3 is 19.1 Å². The van der Waals surface area contributed by atoms with Crippen LogP contribution in [0.1, 0.15) is 23.3 Å². The maximum atomic E-state index is 12.8. The van der Waals surface area contributed by atoms with E-state index in [1.54, 1.807) is 32.7 Å². The normalized spacial score (nSPS) is 13.4. The summed E-state index contributed by atoms with van der Waals surface area (Å²) in [6, 6.07) is 8.15. The van der Waals surface area contributed by atoms with Gasteiger partial charge in [0.1, 0.15) is 0 Å². The number of benzene rings is 1. The van der Waals surface area contributed by atoms with Crippen molar-refractivity contribution in [3.05, 3.63) is 40.1 Å². The van der Waals surface area contributed by atoms with E-state index in [9.17, 15) is 4.79 Å². The molecule has 0 N–H and O–H groups in total. The molecule has 2 aromatic rings. The van der Waals surface area contributed by atoms with Crippen molar-refractivity contribution in [2.24, 2.45) is 0 Å². The summed E-state index contributed by atoms with van der Waals surface area (Å²) in [5.74, 6) is 1.95. The molecule has 1 aliphatic carbocycles.